The monoisotopic (exact) mass is 421 g/mol. The first-order chi connectivity index (χ1) is 15.0. The Morgan fingerprint density at radius 3 is 2.77 bits per heavy atom. The Kier molecular flexibility index (Phi) is 7.12. The van der Waals surface area contributed by atoms with Gasteiger partial charge in [0.15, 0.2) is 0 Å². The van der Waals surface area contributed by atoms with Crippen molar-refractivity contribution in [3.8, 4) is 23.3 Å². The van der Waals surface area contributed by atoms with E-state index in [4.69, 9.17) is 15.2 Å². The highest BCUT2D eigenvalue weighted by Gasteiger charge is 2.35. The fraction of sp³-hybridized carbons (Fsp3) is 0.261. The van der Waals surface area contributed by atoms with Crippen LogP contribution in [-0.2, 0) is 9.59 Å². The molecule has 0 aromatic heterocycles. The van der Waals surface area contributed by atoms with Gasteiger partial charge in [-0.1, -0.05) is 30.0 Å². The number of anilines is 1. The second-order valence-corrected chi connectivity index (χ2v) is 6.83. The van der Waals surface area contributed by atoms with Crippen molar-refractivity contribution >= 4 is 23.4 Å². The Morgan fingerprint density at radius 1 is 1.19 bits per heavy atom. The number of methoxy groups -OCH3 is 1. The summed E-state index contributed by atoms with van der Waals surface area (Å²) in [5, 5.41) is 2.72. The van der Waals surface area contributed by atoms with Gasteiger partial charge in [0.1, 0.15) is 18.1 Å². The summed E-state index contributed by atoms with van der Waals surface area (Å²) in [6.45, 7) is 0.480. The van der Waals surface area contributed by atoms with Gasteiger partial charge in [0, 0.05) is 24.7 Å². The van der Waals surface area contributed by atoms with Gasteiger partial charge in [-0.05, 0) is 24.3 Å². The molecule has 8 heteroatoms. The van der Waals surface area contributed by atoms with Gasteiger partial charge >= 0.3 is 0 Å². The highest BCUT2D eigenvalue weighted by atomic mass is 16.5. The molecule has 160 valence electrons. The highest BCUT2D eigenvalue weighted by Crippen LogP contribution is 2.27. The Labute approximate surface area is 180 Å². The zero-order valence-corrected chi connectivity index (χ0v) is 17.1. The largest absolute Gasteiger partial charge is 0.497 e. The fourth-order valence-corrected chi connectivity index (χ4v) is 3.21. The number of ether oxygens (including phenoxy) is 2. The van der Waals surface area contributed by atoms with Crippen molar-refractivity contribution in [2.24, 2.45) is 11.7 Å². The van der Waals surface area contributed by atoms with Crippen LogP contribution in [0.4, 0.5) is 5.69 Å². The van der Waals surface area contributed by atoms with Crippen LogP contribution in [-0.4, -0.2) is 44.5 Å². The summed E-state index contributed by atoms with van der Waals surface area (Å²) in [6, 6.07) is 13.8. The molecule has 0 spiro atoms. The van der Waals surface area contributed by atoms with Gasteiger partial charge in [-0.25, -0.2) is 0 Å². The predicted octanol–water partition coefficient (Wildman–Crippen LogP) is 1.35. The van der Waals surface area contributed by atoms with Crippen molar-refractivity contribution in [2.45, 2.75) is 6.42 Å². The molecule has 3 amide bonds. The topological polar surface area (TPSA) is 111 Å². The lowest BCUT2D eigenvalue weighted by Crippen LogP contribution is -2.33. The number of hydrogen-bond donors (Lipinski definition) is 2. The van der Waals surface area contributed by atoms with Crippen molar-refractivity contribution in [2.75, 3.05) is 31.7 Å². The maximum absolute atomic E-state index is 12.4. The Morgan fingerprint density at radius 2 is 2.00 bits per heavy atom. The summed E-state index contributed by atoms with van der Waals surface area (Å²) in [6.07, 6.45) is 0.142. The summed E-state index contributed by atoms with van der Waals surface area (Å²) < 4.78 is 10.6. The maximum atomic E-state index is 12.4. The molecule has 1 heterocycles. The van der Waals surface area contributed by atoms with Crippen LogP contribution < -0.4 is 25.4 Å². The molecular formula is C23H23N3O5. The van der Waals surface area contributed by atoms with Gasteiger partial charge in [-0.15, -0.1) is 0 Å². The molecule has 1 aliphatic rings. The van der Waals surface area contributed by atoms with Crippen LogP contribution in [0.15, 0.2) is 48.5 Å². The predicted molar refractivity (Wildman–Crippen MR) is 115 cm³/mol. The molecule has 3 N–H and O–H groups in total. The lowest BCUT2D eigenvalue weighted by molar-refractivity contribution is -0.126. The summed E-state index contributed by atoms with van der Waals surface area (Å²) in [7, 11) is 1.56. The summed E-state index contributed by atoms with van der Waals surface area (Å²) >= 11 is 0. The number of nitrogens with one attached hydrogen (secondary N) is 1. The minimum atomic E-state index is -0.579. The van der Waals surface area contributed by atoms with E-state index in [0.29, 0.717) is 23.7 Å². The zero-order valence-electron chi connectivity index (χ0n) is 17.1. The third-order valence-corrected chi connectivity index (χ3v) is 4.79. The van der Waals surface area contributed by atoms with E-state index in [1.807, 2.05) is 6.07 Å². The van der Waals surface area contributed by atoms with Crippen LogP contribution in [0.5, 0.6) is 11.5 Å². The van der Waals surface area contributed by atoms with Gasteiger partial charge in [-0.3, -0.25) is 14.4 Å². The van der Waals surface area contributed by atoms with E-state index in [1.165, 1.54) is 0 Å². The molecule has 1 fully saturated rings. The van der Waals surface area contributed by atoms with Crippen LogP contribution in [0.2, 0.25) is 0 Å². The molecule has 1 atom stereocenters. The second kappa shape index (κ2) is 10.2. The minimum Gasteiger partial charge on any atom is -0.497 e. The first-order valence-corrected chi connectivity index (χ1v) is 9.69. The third kappa shape index (κ3) is 5.54. The SMILES string of the molecule is COc1cccc(N2CC(C(=O)NCC#CCOc3ccccc3C(N)=O)CC2=O)c1. The van der Waals surface area contributed by atoms with Gasteiger partial charge in [0.2, 0.25) is 11.8 Å². The number of benzene rings is 2. The van der Waals surface area contributed by atoms with Crippen LogP contribution >= 0.6 is 0 Å². The van der Waals surface area contributed by atoms with E-state index in [1.54, 1.807) is 54.5 Å². The number of para-hydroxylation sites is 1. The quantitative estimate of drug-likeness (QED) is 0.656. The molecule has 31 heavy (non-hydrogen) atoms. The highest BCUT2D eigenvalue weighted by molar-refractivity contribution is 6.00. The normalized spacial score (nSPS) is 15.1. The first kappa shape index (κ1) is 21.7. The van der Waals surface area contributed by atoms with E-state index in [0.717, 1.165) is 0 Å². The van der Waals surface area contributed by atoms with E-state index < -0.39 is 11.8 Å². The van der Waals surface area contributed by atoms with Crippen molar-refractivity contribution in [1.29, 1.82) is 0 Å². The van der Waals surface area contributed by atoms with Crippen molar-refractivity contribution in [3.63, 3.8) is 0 Å². The van der Waals surface area contributed by atoms with Gasteiger partial charge < -0.3 is 25.4 Å². The Balaban J connectivity index is 1.47. The van der Waals surface area contributed by atoms with E-state index in [-0.39, 0.29) is 37.0 Å². The molecule has 0 aliphatic carbocycles. The number of rotatable bonds is 7. The number of amides is 3. The lowest BCUT2D eigenvalue weighted by Gasteiger charge is -2.17. The summed E-state index contributed by atoms with van der Waals surface area (Å²) in [5.74, 6) is 5.20. The number of primary amides is 1. The molecule has 2 aromatic rings. The number of nitrogens with zero attached hydrogens (tertiary/aromatic N) is 1. The summed E-state index contributed by atoms with van der Waals surface area (Å²) in [5.41, 5.74) is 6.28. The molecule has 8 nitrogen and oxygen atoms in total. The first-order valence-electron chi connectivity index (χ1n) is 9.69. The molecule has 1 aliphatic heterocycles. The maximum Gasteiger partial charge on any atom is 0.252 e. The van der Waals surface area contributed by atoms with Crippen molar-refractivity contribution in [3.05, 3.63) is 54.1 Å². The van der Waals surface area contributed by atoms with Crippen molar-refractivity contribution in [1.82, 2.24) is 5.32 Å². The van der Waals surface area contributed by atoms with Crippen LogP contribution in [0.3, 0.4) is 0 Å². The Bertz CT molecular complexity index is 1040. The van der Waals surface area contributed by atoms with E-state index in [2.05, 4.69) is 17.2 Å². The molecular weight excluding hydrogens is 398 g/mol. The van der Waals surface area contributed by atoms with Gasteiger partial charge in [-0.2, -0.15) is 0 Å². The smallest absolute Gasteiger partial charge is 0.252 e. The molecule has 1 saturated heterocycles. The fourth-order valence-electron chi connectivity index (χ4n) is 3.21. The van der Waals surface area contributed by atoms with Crippen LogP contribution in [0.25, 0.3) is 0 Å². The molecule has 0 saturated carbocycles. The number of hydrogen-bond acceptors (Lipinski definition) is 5. The standard InChI is InChI=1S/C23H23N3O5/c1-30-18-8-6-7-17(14-18)26-15-16(13-21(26)27)23(29)25-11-4-5-12-31-20-10-3-2-9-19(20)22(24)28/h2-3,6-10,14,16H,11-13,15H2,1H3,(H2,24,28)(H,25,29). The number of carbonyl (C=O) groups is 3. The average molecular weight is 421 g/mol. The summed E-state index contributed by atoms with van der Waals surface area (Å²) in [4.78, 5) is 37.7. The third-order valence-electron chi connectivity index (χ3n) is 4.79. The van der Waals surface area contributed by atoms with Crippen LogP contribution in [0.1, 0.15) is 16.8 Å². The molecule has 1 unspecified atom stereocenters. The number of carbonyl (C=O) groups excluding carboxylic acids is 3. The van der Waals surface area contributed by atoms with E-state index in [9.17, 15) is 14.4 Å². The molecule has 3 rings (SSSR count). The zero-order chi connectivity index (χ0) is 22.2. The van der Waals surface area contributed by atoms with Crippen molar-refractivity contribution < 1.29 is 23.9 Å². The van der Waals surface area contributed by atoms with Gasteiger partial charge in [0.25, 0.3) is 5.91 Å². The molecule has 0 bridgehead atoms. The Hall–Kier alpha value is -3.99. The molecule has 0 radical (unpaired) electrons. The van der Waals surface area contributed by atoms with Gasteiger partial charge in [0.05, 0.1) is 25.1 Å². The second-order valence-electron chi connectivity index (χ2n) is 6.83. The lowest BCUT2D eigenvalue weighted by atomic mass is 10.1. The average Bonchev–Trinajstić information content (AvgIpc) is 3.18. The van der Waals surface area contributed by atoms with E-state index >= 15 is 0 Å². The molecule has 2 aromatic carbocycles. The minimum absolute atomic E-state index is 0.0473. The number of nitrogens with two attached hydrogens (primary N) is 1. The van der Waals surface area contributed by atoms with Crippen LogP contribution in [0, 0.1) is 17.8 Å².